The summed E-state index contributed by atoms with van der Waals surface area (Å²) in [6.45, 7) is 5.89. The second-order valence-corrected chi connectivity index (χ2v) is 5.73. The highest BCUT2D eigenvalue weighted by Crippen LogP contribution is 2.39. The van der Waals surface area contributed by atoms with Crippen molar-refractivity contribution in [1.82, 2.24) is 0 Å². The number of esters is 1. The van der Waals surface area contributed by atoms with Gasteiger partial charge < -0.3 is 10.5 Å². The topological polar surface area (TPSA) is 52.3 Å². The SMILES string of the molecule is COC(=O)CC(C)(c1cccs1)C(C)(C)N. The Morgan fingerprint density at radius 2 is 2.12 bits per heavy atom. The number of carbonyl (C=O) groups excluding carboxylic acids is 1. The molecule has 3 nitrogen and oxygen atoms in total. The minimum atomic E-state index is -0.480. The van der Waals surface area contributed by atoms with E-state index in [1.54, 1.807) is 11.3 Å². The van der Waals surface area contributed by atoms with Crippen LogP contribution in [0.3, 0.4) is 0 Å². The molecule has 0 spiro atoms. The molecule has 0 aromatic carbocycles. The minimum absolute atomic E-state index is 0.227. The molecular formula is C12H19NO2S. The minimum Gasteiger partial charge on any atom is -0.469 e. The van der Waals surface area contributed by atoms with Crippen LogP contribution in [0.25, 0.3) is 0 Å². The molecule has 1 aromatic rings. The van der Waals surface area contributed by atoms with E-state index in [0.29, 0.717) is 6.42 Å². The van der Waals surface area contributed by atoms with Gasteiger partial charge in [0.2, 0.25) is 0 Å². The molecule has 1 aromatic heterocycles. The first-order chi connectivity index (χ1) is 7.31. The largest absolute Gasteiger partial charge is 0.469 e. The number of thiophene rings is 1. The Morgan fingerprint density at radius 3 is 2.50 bits per heavy atom. The van der Waals surface area contributed by atoms with Crippen LogP contribution < -0.4 is 5.73 Å². The fourth-order valence-electron chi connectivity index (χ4n) is 1.59. The quantitative estimate of drug-likeness (QED) is 0.823. The summed E-state index contributed by atoms with van der Waals surface area (Å²) in [5.74, 6) is -0.227. The van der Waals surface area contributed by atoms with Crippen LogP contribution in [0.5, 0.6) is 0 Å². The van der Waals surface area contributed by atoms with Gasteiger partial charge in [0.05, 0.1) is 13.5 Å². The Balaban J connectivity index is 3.09. The molecule has 0 fully saturated rings. The molecule has 4 heteroatoms. The second kappa shape index (κ2) is 4.55. The van der Waals surface area contributed by atoms with E-state index in [9.17, 15) is 4.79 Å². The van der Waals surface area contributed by atoms with E-state index in [0.717, 1.165) is 4.88 Å². The summed E-state index contributed by atoms with van der Waals surface area (Å²) in [7, 11) is 1.40. The highest BCUT2D eigenvalue weighted by molar-refractivity contribution is 7.10. The fourth-order valence-corrected chi connectivity index (χ4v) is 2.64. The van der Waals surface area contributed by atoms with Crippen LogP contribution >= 0.6 is 11.3 Å². The van der Waals surface area contributed by atoms with Crippen LogP contribution in [-0.4, -0.2) is 18.6 Å². The molecule has 16 heavy (non-hydrogen) atoms. The van der Waals surface area contributed by atoms with Gasteiger partial charge in [0.1, 0.15) is 0 Å². The van der Waals surface area contributed by atoms with Gasteiger partial charge in [0.15, 0.2) is 0 Å². The van der Waals surface area contributed by atoms with Gasteiger partial charge >= 0.3 is 5.97 Å². The molecule has 0 aliphatic heterocycles. The summed E-state index contributed by atoms with van der Waals surface area (Å²) in [6.07, 6.45) is 0.299. The van der Waals surface area contributed by atoms with Crippen molar-refractivity contribution in [2.75, 3.05) is 7.11 Å². The average molecular weight is 241 g/mol. The molecule has 1 atom stereocenters. The monoisotopic (exact) mass is 241 g/mol. The summed E-state index contributed by atoms with van der Waals surface area (Å²) in [5, 5.41) is 2.00. The summed E-state index contributed by atoms with van der Waals surface area (Å²) in [6, 6.07) is 3.99. The highest BCUT2D eigenvalue weighted by Gasteiger charge is 2.42. The molecular weight excluding hydrogens is 222 g/mol. The van der Waals surface area contributed by atoms with Crippen molar-refractivity contribution in [3.63, 3.8) is 0 Å². The standard InChI is InChI=1S/C12H19NO2S/c1-11(2,13)12(3,8-10(14)15-4)9-6-5-7-16-9/h5-7H,8,13H2,1-4H3. The van der Waals surface area contributed by atoms with Crippen molar-refractivity contribution in [1.29, 1.82) is 0 Å². The molecule has 1 unspecified atom stereocenters. The first-order valence-electron chi connectivity index (χ1n) is 5.21. The smallest absolute Gasteiger partial charge is 0.306 e. The maximum atomic E-state index is 11.5. The molecule has 0 radical (unpaired) electrons. The van der Waals surface area contributed by atoms with E-state index >= 15 is 0 Å². The number of ether oxygens (including phenoxy) is 1. The van der Waals surface area contributed by atoms with Crippen LogP contribution in [0.4, 0.5) is 0 Å². The fraction of sp³-hybridized carbons (Fsp3) is 0.583. The number of methoxy groups -OCH3 is 1. The molecule has 2 N–H and O–H groups in total. The zero-order chi connectivity index (χ0) is 12.4. The molecule has 1 rings (SSSR count). The Morgan fingerprint density at radius 1 is 1.50 bits per heavy atom. The van der Waals surface area contributed by atoms with Crippen molar-refractivity contribution in [3.8, 4) is 0 Å². The molecule has 0 aliphatic carbocycles. The van der Waals surface area contributed by atoms with Crippen LogP contribution in [0.2, 0.25) is 0 Å². The van der Waals surface area contributed by atoms with Gasteiger partial charge in [-0.2, -0.15) is 0 Å². The lowest BCUT2D eigenvalue weighted by molar-refractivity contribution is -0.142. The normalized spacial score (nSPS) is 15.6. The Hall–Kier alpha value is -0.870. The van der Waals surface area contributed by atoms with Crippen molar-refractivity contribution in [3.05, 3.63) is 22.4 Å². The van der Waals surface area contributed by atoms with Gasteiger partial charge in [-0.1, -0.05) is 13.0 Å². The average Bonchev–Trinajstić information content (AvgIpc) is 2.68. The van der Waals surface area contributed by atoms with Crippen LogP contribution in [-0.2, 0) is 14.9 Å². The third-order valence-corrected chi connectivity index (χ3v) is 4.35. The zero-order valence-electron chi connectivity index (χ0n) is 10.2. The first kappa shape index (κ1) is 13.2. The lowest BCUT2D eigenvalue weighted by atomic mass is 9.70. The van der Waals surface area contributed by atoms with E-state index in [2.05, 4.69) is 0 Å². The zero-order valence-corrected chi connectivity index (χ0v) is 11.1. The molecule has 0 amide bonds. The third-order valence-electron chi connectivity index (χ3n) is 3.21. The predicted octanol–water partition coefficient (Wildman–Crippen LogP) is 2.31. The maximum absolute atomic E-state index is 11.5. The Bertz CT molecular complexity index is 354. The molecule has 0 bridgehead atoms. The molecule has 90 valence electrons. The summed E-state index contributed by atoms with van der Waals surface area (Å²) < 4.78 is 4.75. The van der Waals surface area contributed by atoms with E-state index in [-0.39, 0.29) is 5.97 Å². The van der Waals surface area contributed by atoms with E-state index in [1.165, 1.54) is 7.11 Å². The molecule has 1 heterocycles. The van der Waals surface area contributed by atoms with E-state index in [4.69, 9.17) is 10.5 Å². The van der Waals surface area contributed by atoms with Crippen LogP contribution in [0.15, 0.2) is 17.5 Å². The predicted molar refractivity (Wildman–Crippen MR) is 66.6 cm³/mol. The third kappa shape index (κ3) is 2.44. The number of hydrogen-bond donors (Lipinski definition) is 1. The highest BCUT2D eigenvalue weighted by atomic mass is 32.1. The maximum Gasteiger partial charge on any atom is 0.306 e. The first-order valence-corrected chi connectivity index (χ1v) is 6.09. The van der Waals surface area contributed by atoms with Gasteiger partial charge in [0.25, 0.3) is 0 Å². The number of nitrogens with two attached hydrogens (primary N) is 1. The summed E-state index contributed by atoms with van der Waals surface area (Å²) in [5.41, 5.74) is 5.33. The van der Waals surface area contributed by atoms with Crippen molar-refractivity contribution in [2.45, 2.75) is 38.1 Å². The van der Waals surface area contributed by atoms with Crippen molar-refractivity contribution < 1.29 is 9.53 Å². The summed E-state index contributed by atoms with van der Waals surface area (Å²) in [4.78, 5) is 12.6. The van der Waals surface area contributed by atoms with Crippen LogP contribution in [0.1, 0.15) is 32.1 Å². The number of rotatable bonds is 4. The van der Waals surface area contributed by atoms with Crippen molar-refractivity contribution in [2.24, 2.45) is 5.73 Å². The molecule has 0 saturated heterocycles. The Kier molecular flexibility index (Phi) is 3.76. The Labute approximate surface area is 101 Å². The van der Waals surface area contributed by atoms with E-state index in [1.807, 2.05) is 38.3 Å². The number of hydrogen-bond acceptors (Lipinski definition) is 4. The van der Waals surface area contributed by atoms with E-state index < -0.39 is 11.0 Å². The lowest BCUT2D eigenvalue weighted by Crippen LogP contribution is -2.53. The molecule has 0 aliphatic rings. The number of carbonyl (C=O) groups is 1. The van der Waals surface area contributed by atoms with Crippen LogP contribution in [0, 0.1) is 0 Å². The van der Waals surface area contributed by atoms with Gasteiger partial charge in [0, 0.05) is 15.8 Å². The lowest BCUT2D eigenvalue weighted by Gasteiger charge is -2.40. The second-order valence-electron chi connectivity index (χ2n) is 4.78. The van der Waals surface area contributed by atoms with Gasteiger partial charge in [-0.3, -0.25) is 4.79 Å². The van der Waals surface area contributed by atoms with Gasteiger partial charge in [-0.15, -0.1) is 11.3 Å². The van der Waals surface area contributed by atoms with Gasteiger partial charge in [-0.25, -0.2) is 0 Å². The summed E-state index contributed by atoms with van der Waals surface area (Å²) >= 11 is 1.62. The van der Waals surface area contributed by atoms with Crippen molar-refractivity contribution >= 4 is 17.3 Å². The molecule has 0 saturated carbocycles. The van der Waals surface area contributed by atoms with Gasteiger partial charge in [-0.05, 0) is 25.3 Å².